The van der Waals surface area contributed by atoms with E-state index >= 15 is 0 Å². The molecular weight excluding hydrogens is 269 g/mol. The molecule has 0 radical (unpaired) electrons. The van der Waals surface area contributed by atoms with Crippen molar-refractivity contribution in [3.05, 3.63) is 68.8 Å². The maximum absolute atomic E-state index is 12.1. The topological polar surface area (TPSA) is 26.1 Å². The summed E-state index contributed by atoms with van der Waals surface area (Å²) in [6.45, 7) is 1.88. The van der Waals surface area contributed by atoms with Crippen molar-refractivity contribution in [3.8, 4) is 0 Å². The molecule has 0 saturated heterocycles. The minimum Gasteiger partial charge on any atom is -0.618 e. The Morgan fingerprint density at radius 1 is 1.00 bits per heavy atom. The molecule has 92 valence electrons. The summed E-state index contributed by atoms with van der Waals surface area (Å²) in [6, 6.07) is 12.5. The highest BCUT2D eigenvalue weighted by Gasteiger charge is 2.09. The highest BCUT2D eigenvalue weighted by Crippen LogP contribution is 2.23. The van der Waals surface area contributed by atoms with Gasteiger partial charge in [-0.3, -0.25) is 0 Å². The molecule has 0 amide bonds. The molecule has 0 atom stereocenters. The van der Waals surface area contributed by atoms with Gasteiger partial charge in [0.15, 0.2) is 6.21 Å². The van der Waals surface area contributed by atoms with E-state index in [1.165, 1.54) is 6.21 Å². The summed E-state index contributed by atoms with van der Waals surface area (Å²) in [6.07, 6.45) is 1.40. The molecular formula is C14H11Cl2NO. The molecule has 0 bridgehead atoms. The third-order valence-corrected chi connectivity index (χ3v) is 3.26. The molecule has 4 heteroatoms. The van der Waals surface area contributed by atoms with Crippen LogP contribution in [0.2, 0.25) is 10.0 Å². The maximum Gasteiger partial charge on any atom is 0.219 e. The Kier molecular flexibility index (Phi) is 3.90. The van der Waals surface area contributed by atoms with Gasteiger partial charge in [0.05, 0.1) is 15.6 Å². The lowest BCUT2D eigenvalue weighted by Crippen LogP contribution is -2.01. The summed E-state index contributed by atoms with van der Waals surface area (Å²) < 4.78 is 0.780. The number of para-hydroxylation sites is 1. The van der Waals surface area contributed by atoms with Crippen molar-refractivity contribution in [3.63, 3.8) is 0 Å². The fourth-order valence-electron chi connectivity index (χ4n) is 1.63. The molecule has 0 aliphatic rings. The lowest BCUT2D eigenvalue weighted by Gasteiger charge is -2.06. The molecule has 2 aromatic carbocycles. The Balaban J connectivity index is 2.49. The Hall–Kier alpha value is -1.51. The average molecular weight is 280 g/mol. The van der Waals surface area contributed by atoms with Crippen molar-refractivity contribution in [2.24, 2.45) is 0 Å². The van der Waals surface area contributed by atoms with Crippen LogP contribution in [0.3, 0.4) is 0 Å². The van der Waals surface area contributed by atoms with Crippen molar-refractivity contribution in [1.82, 2.24) is 0 Å². The lowest BCUT2D eigenvalue weighted by atomic mass is 10.2. The average Bonchev–Trinajstić information content (AvgIpc) is 2.34. The van der Waals surface area contributed by atoms with Crippen LogP contribution in [0.15, 0.2) is 42.5 Å². The molecule has 0 fully saturated rings. The van der Waals surface area contributed by atoms with E-state index in [-0.39, 0.29) is 0 Å². The fourth-order valence-corrected chi connectivity index (χ4v) is 2.13. The highest BCUT2D eigenvalue weighted by atomic mass is 35.5. The number of hydrogen-bond donors (Lipinski definition) is 0. The predicted molar refractivity (Wildman–Crippen MR) is 76.1 cm³/mol. The molecule has 0 saturated carbocycles. The minimum atomic E-state index is 0.455. The SMILES string of the molecule is Cc1ccccc1/[N+]([O-])=C/c1c(Cl)cccc1Cl. The first kappa shape index (κ1) is 12.9. The van der Waals surface area contributed by atoms with E-state index in [0.29, 0.717) is 21.3 Å². The maximum atomic E-state index is 12.1. The van der Waals surface area contributed by atoms with Gasteiger partial charge in [0.2, 0.25) is 5.69 Å². The zero-order chi connectivity index (χ0) is 13.1. The molecule has 0 unspecified atom stereocenters. The Morgan fingerprint density at radius 3 is 2.22 bits per heavy atom. The number of nitrogens with zero attached hydrogens (tertiary/aromatic N) is 1. The lowest BCUT2D eigenvalue weighted by molar-refractivity contribution is -0.355. The second kappa shape index (κ2) is 5.42. The largest absolute Gasteiger partial charge is 0.618 e. The first-order valence-corrected chi connectivity index (χ1v) is 6.16. The summed E-state index contributed by atoms with van der Waals surface area (Å²) >= 11 is 12.0. The van der Waals surface area contributed by atoms with Crippen LogP contribution in [-0.4, -0.2) is 11.0 Å². The third-order valence-electron chi connectivity index (χ3n) is 2.60. The van der Waals surface area contributed by atoms with Crippen molar-refractivity contribution < 1.29 is 4.74 Å². The molecule has 0 heterocycles. The standard InChI is InChI=1S/C14H11Cl2NO/c1-10-5-2-3-8-14(10)17(18)9-11-12(15)6-4-7-13(11)16/h2-9H,1H3/b17-9-. The van der Waals surface area contributed by atoms with Crippen LogP contribution in [0.4, 0.5) is 5.69 Å². The number of aryl methyl sites for hydroxylation is 1. The van der Waals surface area contributed by atoms with E-state index in [0.717, 1.165) is 10.3 Å². The summed E-state index contributed by atoms with van der Waals surface area (Å²) in [7, 11) is 0. The summed E-state index contributed by atoms with van der Waals surface area (Å²) in [5, 5.41) is 13.0. The van der Waals surface area contributed by atoms with Gasteiger partial charge in [-0.05, 0) is 19.1 Å². The first-order valence-electron chi connectivity index (χ1n) is 5.40. The van der Waals surface area contributed by atoms with E-state index in [9.17, 15) is 5.21 Å². The van der Waals surface area contributed by atoms with E-state index in [1.54, 1.807) is 24.3 Å². The third kappa shape index (κ3) is 2.66. The molecule has 2 nitrogen and oxygen atoms in total. The van der Waals surface area contributed by atoms with Gasteiger partial charge in [0.25, 0.3) is 0 Å². The number of benzene rings is 2. The van der Waals surface area contributed by atoms with E-state index in [4.69, 9.17) is 23.2 Å². The van der Waals surface area contributed by atoms with E-state index < -0.39 is 0 Å². The Labute approximate surface area is 116 Å². The predicted octanol–water partition coefficient (Wildman–Crippen LogP) is 4.56. The van der Waals surface area contributed by atoms with Gasteiger partial charge in [-0.25, -0.2) is 0 Å². The zero-order valence-corrected chi connectivity index (χ0v) is 11.2. The zero-order valence-electron chi connectivity index (χ0n) is 9.73. The smallest absolute Gasteiger partial charge is 0.219 e. The van der Waals surface area contributed by atoms with Crippen LogP contribution >= 0.6 is 23.2 Å². The number of rotatable bonds is 2. The van der Waals surface area contributed by atoms with Crippen LogP contribution < -0.4 is 0 Å². The van der Waals surface area contributed by atoms with Gasteiger partial charge in [-0.1, -0.05) is 47.5 Å². The van der Waals surface area contributed by atoms with Crippen LogP contribution in [0, 0.1) is 12.1 Å². The van der Waals surface area contributed by atoms with E-state index in [2.05, 4.69) is 0 Å². The Morgan fingerprint density at radius 2 is 1.61 bits per heavy atom. The van der Waals surface area contributed by atoms with Crippen molar-refractivity contribution in [2.45, 2.75) is 6.92 Å². The van der Waals surface area contributed by atoms with Gasteiger partial charge in [0.1, 0.15) is 0 Å². The molecule has 0 aromatic heterocycles. The normalized spacial score (nSPS) is 11.6. The molecule has 0 aliphatic heterocycles. The van der Waals surface area contributed by atoms with Crippen molar-refractivity contribution in [1.29, 1.82) is 0 Å². The fraction of sp³-hybridized carbons (Fsp3) is 0.0714. The summed E-state index contributed by atoms with van der Waals surface area (Å²) in [5.41, 5.74) is 2.00. The quantitative estimate of drug-likeness (QED) is 0.342. The van der Waals surface area contributed by atoms with Gasteiger partial charge in [0, 0.05) is 11.6 Å². The van der Waals surface area contributed by atoms with Crippen LogP contribution in [-0.2, 0) is 0 Å². The number of halogens is 2. The van der Waals surface area contributed by atoms with Crippen molar-refractivity contribution >= 4 is 35.1 Å². The van der Waals surface area contributed by atoms with Gasteiger partial charge in [-0.2, -0.15) is 4.74 Å². The molecule has 0 spiro atoms. The first-order chi connectivity index (χ1) is 8.59. The summed E-state index contributed by atoms with van der Waals surface area (Å²) in [5.74, 6) is 0. The van der Waals surface area contributed by atoms with Crippen LogP contribution in [0.25, 0.3) is 0 Å². The van der Waals surface area contributed by atoms with Crippen LogP contribution in [0.1, 0.15) is 11.1 Å². The number of hydrogen-bond acceptors (Lipinski definition) is 1. The minimum absolute atomic E-state index is 0.455. The summed E-state index contributed by atoms with van der Waals surface area (Å²) in [4.78, 5) is 0. The second-order valence-corrected chi connectivity index (χ2v) is 4.69. The Bertz CT molecular complexity index is 588. The monoisotopic (exact) mass is 279 g/mol. The molecule has 0 N–H and O–H groups in total. The molecule has 2 rings (SSSR count). The van der Waals surface area contributed by atoms with Crippen molar-refractivity contribution in [2.75, 3.05) is 0 Å². The second-order valence-electron chi connectivity index (χ2n) is 3.88. The van der Waals surface area contributed by atoms with Gasteiger partial charge >= 0.3 is 0 Å². The van der Waals surface area contributed by atoms with Crippen LogP contribution in [0.5, 0.6) is 0 Å². The van der Waals surface area contributed by atoms with Gasteiger partial charge < -0.3 is 5.21 Å². The molecule has 2 aromatic rings. The molecule has 0 aliphatic carbocycles. The highest BCUT2D eigenvalue weighted by molar-refractivity contribution is 6.38. The van der Waals surface area contributed by atoms with Gasteiger partial charge in [-0.15, -0.1) is 0 Å². The molecule has 18 heavy (non-hydrogen) atoms. The van der Waals surface area contributed by atoms with E-state index in [1.807, 2.05) is 25.1 Å².